The molecule has 0 amide bonds. The van der Waals surface area contributed by atoms with Crippen LogP contribution >= 0.6 is 22.9 Å². The van der Waals surface area contributed by atoms with E-state index in [4.69, 9.17) is 4.98 Å². The van der Waals surface area contributed by atoms with Crippen molar-refractivity contribution in [3.8, 4) is 0 Å². The molecule has 1 aliphatic heterocycles. The molecule has 1 saturated heterocycles. The van der Waals surface area contributed by atoms with Crippen molar-refractivity contribution >= 4 is 50.1 Å². The third-order valence-electron chi connectivity index (χ3n) is 4.40. The molecule has 0 atom stereocenters. The van der Waals surface area contributed by atoms with Gasteiger partial charge in [-0.1, -0.05) is 6.07 Å². The Labute approximate surface area is 163 Å². The van der Waals surface area contributed by atoms with Crippen molar-refractivity contribution < 1.29 is 0 Å². The molecule has 0 aliphatic carbocycles. The minimum Gasteiger partial charge on any atom is -0.341 e. The second kappa shape index (κ2) is 7.12. The van der Waals surface area contributed by atoms with E-state index in [0.717, 1.165) is 35.9 Å². The van der Waals surface area contributed by atoms with Gasteiger partial charge in [-0.05, 0) is 30.5 Å². The summed E-state index contributed by atoms with van der Waals surface area (Å²) >= 11 is 2.92. The quantitative estimate of drug-likeness (QED) is 0.549. The van der Waals surface area contributed by atoms with E-state index in [2.05, 4.69) is 46.7 Å². The van der Waals surface area contributed by atoms with E-state index in [-0.39, 0.29) is 0 Å². The summed E-state index contributed by atoms with van der Waals surface area (Å²) in [5.41, 5.74) is 4.05. The second-order valence-corrected chi connectivity index (χ2v) is 7.94. The van der Waals surface area contributed by atoms with E-state index >= 15 is 0 Å². The van der Waals surface area contributed by atoms with Crippen LogP contribution in [0.3, 0.4) is 0 Å². The van der Waals surface area contributed by atoms with Crippen LogP contribution in [0.1, 0.15) is 24.2 Å². The van der Waals surface area contributed by atoms with E-state index in [9.17, 15) is 0 Å². The van der Waals surface area contributed by atoms with Crippen LogP contribution in [0.5, 0.6) is 0 Å². The molecule has 0 saturated carbocycles. The summed E-state index contributed by atoms with van der Waals surface area (Å²) in [6, 6.07) is 6.29. The number of nitrogens with zero attached hydrogens (tertiary/aromatic N) is 7. The summed E-state index contributed by atoms with van der Waals surface area (Å²) in [6.07, 6.45) is 4.49. The van der Waals surface area contributed by atoms with Gasteiger partial charge in [0.2, 0.25) is 17.0 Å². The standard InChI is InChI=1S/C17H16N8S2/c1-2-6-25(5-1)16-22-14(21-15(23-16)24-17-18-9-20-27-17)8-11-3-4-12-13(7-11)26-10-19-12/h3-4,7,9-10H,1-2,5-6,8H2,(H,18,20,21,22,23,24). The Hall–Kier alpha value is -2.72. The lowest BCUT2D eigenvalue weighted by Crippen LogP contribution is -2.22. The molecular formula is C17H16N8S2. The van der Waals surface area contributed by atoms with Gasteiger partial charge in [-0.15, -0.1) is 11.3 Å². The topological polar surface area (TPSA) is 92.6 Å². The number of anilines is 3. The Morgan fingerprint density at radius 1 is 1.07 bits per heavy atom. The molecule has 8 nitrogen and oxygen atoms in total. The molecule has 1 N–H and O–H groups in total. The molecule has 4 heterocycles. The van der Waals surface area contributed by atoms with Crippen molar-refractivity contribution in [2.75, 3.05) is 23.3 Å². The summed E-state index contributed by atoms with van der Waals surface area (Å²) in [5.74, 6) is 1.98. The van der Waals surface area contributed by atoms with Crippen LogP contribution in [0.4, 0.5) is 17.0 Å². The Balaban J connectivity index is 1.48. The summed E-state index contributed by atoms with van der Waals surface area (Å²) in [4.78, 5) is 24.6. The molecule has 3 aromatic heterocycles. The van der Waals surface area contributed by atoms with E-state index < -0.39 is 0 Å². The van der Waals surface area contributed by atoms with Crippen molar-refractivity contribution in [2.24, 2.45) is 0 Å². The van der Waals surface area contributed by atoms with Gasteiger partial charge in [0, 0.05) is 31.0 Å². The average Bonchev–Trinajstić information content (AvgIpc) is 3.43. The average molecular weight is 397 g/mol. The lowest BCUT2D eigenvalue weighted by molar-refractivity contribution is 0.846. The number of thiazole rings is 1. The Bertz CT molecular complexity index is 1060. The third-order valence-corrected chi connectivity index (χ3v) is 5.77. The van der Waals surface area contributed by atoms with Crippen LogP contribution < -0.4 is 10.2 Å². The molecule has 10 heteroatoms. The van der Waals surface area contributed by atoms with Gasteiger partial charge in [0.1, 0.15) is 12.2 Å². The molecule has 0 bridgehead atoms. The van der Waals surface area contributed by atoms with Gasteiger partial charge >= 0.3 is 0 Å². The van der Waals surface area contributed by atoms with Crippen molar-refractivity contribution in [1.29, 1.82) is 0 Å². The van der Waals surface area contributed by atoms with Crippen molar-refractivity contribution in [3.05, 3.63) is 41.4 Å². The highest BCUT2D eigenvalue weighted by Crippen LogP contribution is 2.23. The van der Waals surface area contributed by atoms with Crippen LogP contribution in [-0.2, 0) is 6.42 Å². The molecule has 0 radical (unpaired) electrons. The third kappa shape index (κ3) is 3.58. The van der Waals surface area contributed by atoms with E-state index in [0.29, 0.717) is 17.5 Å². The van der Waals surface area contributed by atoms with Gasteiger partial charge in [0.05, 0.1) is 15.7 Å². The van der Waals surface area contributed by atoms with Gasteiger partial charge in [-0.25, -0.2) is 9.97 Å². The predicted molar refractivity (Wildman–Crippen MR) is 107 cm³/mol. The molecule has 136 valence electrons. The lowest BCUT2D eigenvalue weighted by atomic mass is 10.1. The number of hydrogen-bond donors (Lipinski definition) is 1. The lowest BCUT2D eigenvalue weighted by Gasteiger charge is -2.16. The second-order valence-electron chi connectivity index (χ2n) is 6.27. The molecule has 4 aromatic rings. The van der Waals surface area contributed by atoms with Gasteiger partial charge in [0.25, 0.3) is 0 Å². The SMILES string of the molecule is c1nsc(Nc2nc(Cc3ccc4ncsc4c3)nc(N3CCCC3)n2)n1. The fraction of sp³-hybridized carbons (Fsp3) is 0.294. The van der Waals surface area contributed by atoms with Crippen molar-refractivity contribution in [3.63, 3.8) is 0 Å². The highest BCUT2D eigenvalue weighted by Gasteiger charge is 2.18. The molecule has 0 unspecified atom stereocenters. The smallest absolute Gasteiger partial charge is 0.234 e. The number of aromatic nitrogens is 6. The Kier molecular flexibility index (Phi) is 4.34. The molecule has 5 rings (SSSR count). The summed E-state index contributed by atoms with van der Waals surface area (Å²) in [6.45, 7) is 1.96. The number of nitrogens with one attached hydrogen (secondary N) is 1. The number of fused-ring (bicyclic) bond motifs is 1. The monoisotopic (exact) mass is 396 g/mol. The van der Waals surface area contributed by atoms with Gasteiger partial charge < -0.3 is 4.90 Å². The van der Waals surface area contributed by atoms with Crippen LogP contribution in [0, 0.1) is 0 Å². The summed E-state index contributed by atoms with van der Waals surface area (Å²) in [5, 5.41) is 3.82. The molecule has 0 spiro atoms. The fourth-order valence-electron chi connectivity index (χ4n) is 3.12. The fourth-order valence-corrected chi connectivity index (χ4v) is 4.28. The van der Waals surface area contributed by atoms with E-state index in [1.54, 1.807) is 11.3 Å². The minimum atomic E-state index is 0.512. The predicted octanol–water partition coefficient (Wildman–Crippen LogP) is 3.27. The van der Waals surface area contributed by atoms with Crippen LogP contribution in [0.25, 0.3) is 10.2 Å². The molecule has 27 heavy (non-hydrogen) atoms. The van der Waals surface area contributed by atoms with Crippen molar-refractivity contribution in [2.45, 2.75) is 19.3 Å². The summed E-state index contributed by atoms with van der Waals surface area (Å²) < 4.78 is 5.19. The maximum absolute atomic E-state index is 4.73. The zero-order chi connectivity index (χ0) is 18.1. The van der Waals surface area contributed by atoms with Gasteiger partial charge in [0.15, 0.2) is 0 Å². The van der Waals surface area contributed by atoms with Crippen LogP contribution in [0.15, 0.2) is 30.0 Å². The highest BCUT2D eigenvalue weighted by atomic mass is 32.1. The minimum absolute atomic E-state index is 0.512. The van der Waals surface area contributed by atoms with Crippen molar-refractivity contribution in [1.82, 2.24) is 29.3 Å². The first-order valence-electron chi connectivity index (χ1n) is 8.69. The normalized spacial score (nSPS) is 14.1. The maximum Gasteiger partial charge on any atom is 0.234 e. The zero-order valence-corrected chi connectivity index (χ0v) is 16.0. The molecule has 1 aliphatic rings. The van der Waals surface area contributed by atoms with Gasteiger partial charge in [-0.2, -0.15) is 19.3 Å². The Morgan fingerprint density at radius 3 is 2.85 bits per heavy atom. The molecular weight excluding hydrogens is 380 g/mol. The largest absolute Gasteiger partial charge is 0.341 e. The maximum atomic E-state index is 4.73. The zero-order valence-electron chi connectivity index (χ0n) is 14.4. The van der Waals surface area contributed by atoms with E-state index in [1.165, 1.54) is 35.4 Å². The van der Waals surface area contributed by atoms with Gasteiger partial charge in [-0.3, -0.25) is 5.32 Å². The Morgan fingerprint density at radius 2 is 2.00 bits per heavy atom. The molecule has 1 fully saturated rings. The number of benzene rings is 1. The van der Waals surface area contributed by atoms with E-state index in [1.807, 2.05) is 11.6 Å². The first kappa shape index (κ1) is 16.5. The summed E-state index contributed by atoms with van der Waals surface area (Å²) in [7, 11) is 0. The number of hydrogen-bond acceptors (Lipinski definition) is 10. The van der Waals surface area contributed by atoms with Crippen LogP contribution in [0.2, 0.25) is 0 Å². The first-order chi connectivity index (χ1) is 13.3. The first-order valence-corrected chi connectivity index (χ1v) is 10.3. The highest BCUT2D eigenvalue weighted by molar-refractivity contribution is 7.16. The molecule has 1 aromatic carbocycles. The van der Waals surface area contributed by atoms with Crippen LogP contribution in [-0.4, -0.2) is 42.4 Å². The number of rotatable bonds is 5.